The molecule has 6 nitrogen and oxygen atoms in total. The summed E-state index contributed by atoms with van der Waals surface area (Å²) in [7, 11) is 3.54. The Kier molecular flexibility index (Phi) is 5.34. The van der Waals surface area contributed by atoms with Gasteiger partial charge in [-0.15, -0.1) is 10.2 Å². The number of thioether (sulfide) groups is 1. The summed E-state index contributed by atoms with van der Waals surface area (Å²) in [6.45, 7) is 0. The number of anilines is 1. The van der Waals surface area contributed by atoms with Gasteiger partial charge in [-0.2, -0.15) is 0 Å². The number of carbonyl (C=O) groups excluding carboxylic acids is 1. The predicted molar refractivity (Wildman–Crippen MR) is 111 cm³/mol. The summed E-state index contributed by atoms with van der Waals surface area (Å²) >= 11 is 1.38. The number of aryl methyl sites for hydroxylation is 2. The van der Waals surface area contributed by atoms with Crippen molar-refractivity contribution in [1.29, 1.82) is 0 Å². The van der Waals surface area contributed by atoms with Crippen LogP contribution in [0.5, 0.6) is 5.75 Å². The van der Waals surface area contributed by atoms with Crippen LogP contribution in [0, 0.1) is 0 Å². The molecule has 0 fully saturated rings. The molecule has 3 aromatic rings. The molecule has 2 aromatic carbocycles. The highest BCUT2D eigenvalue weighted by Gasteiger charge is 2.15. The Balaban J connectivity index is 1.38. The van der Waals surface area contributed by atoms with E-state index < -0.39 is 0 Å². The van der Waals surface area contributed by atoms with Crippen molar-refractivity contribution in [2.24, 2.45) is 7.05 Å². The molecule has 1 aliphatic rings. The van der Waals surface area contributed by atoms with E-state index in [0.29, 0.717) is 5.16 Å². The van der Waals surface area contributed by atoms with Crippen LogP contribution in [-0.4, -0.2) is 33.5 Å². The molecule has 4 rings (SSSR count). The minimum absolute atomic E-state index is 0.0445. The topological polar surface area (TPSA) is 69.0 Å². The Labute approximate surface area is 168 Å². The van der Waals surface area contributed by atoms with Crippen molar-refractivity contribution in [2.75, 3.05) is 18.2 Å². The van der Waals surface area contributed by atoms with Gasteiger partial charge in [0, 0.05) is 18.3 Å². The van der Waals surface area contributed by atoms with Crippen LogP contribution in [0.15, 0.2) is 47.6 Å². The van der Waals surface area contributed by atoms with Gasteiger partial charge in [0.25, 0.3) is 0 Å². The third-order valence-corrected chi connectivity index (χ3v) is 5.92. The SMILES string of the molecule is COc1ccc(-c2nnc(SCC(=O)Nc3ccc4c(c3)CCC4)n2C)cc1. The highest BCUT2D eigenvalue weighted by molar-refractivity contribution is 7.99. The quantitative estimate of drug-likeness (QED) is 0.646. The van der Waals surface area contributed by atoms with E-state index in [4.69, 9.17) is 4.74 Å². The molecule has 7 heteroatoms. The Bertz CT molecular complexity index is 998. The van der Waals surface area contributed by atoms with Gasteiger partial charge in [0.1, 0.15) is 5.75 Å². The number of aromatic nitrogens is 3. The molecule has 0 unspecified atom stereocenters. The molecular weight excluding hydrogens is 372 g/mol. The molecule has 1 aliphatic carbocycles. The summed E-state index contributed by atoms with van der Waals surface area (Å²) in [6.07, 6.45) is 3.44. The predicted octanol–water partition coefficient (Wildman–Crippen LogP) is 3.71. The highest BCUT2D eigenvalue weighted by atomic mass is 32.2. The summed E-state index contributed by atoms with van der Waals surface area (Å²) in [4.78, 5) is 12.3. The fourth-order valence-electron chi connectivity index (χ4n) is 3.41. The van der Waals surface area contributed by atoms with E-state index in [0.717, 1.165) is 35.7 Å². The van der Waals surface area contributed by atoms with Crippen molar-refractivity contribution in [3.63, 3.8) is 0 Å². The van der Waals surface area contributed by atoms with Gasteiger partial charge in [-0.1, -0.05) is 17.8 Å². The van der Waals surface area contributed by atoms with Gasteiger partial charge >= 0.3 is 0 Å². The number of hydrogen-bond donors (Lipinski definition) is 1. The van der Waals surface area contributed by atoms with Crippen molar-refractivity contribution in [1.82, 2.24) is 14.8 Å². The maximum absolute atomic E-state index is 12.3. The number of ether oxygens (including phenoxy) is 1. The zero-order valence-corrected chi connectivity index (χ0v) is 16.8. The second kappa shape index (κ2) is 8.06. The summed E-state index contributed by atoms with van der Waals surface area (Å²) in [6, 6.07) is 13.9. The van der Waals surface area contributed by atoms with Gasteiger partial charge in [0.05, 0.1) is 12.9 Å². The fraction of sp³-hybridized carbons (Fsp3) is 0.286. The molecule has 0 atom stereocenters. The monoisotopic (exact) mass is 394 g/mol. The minimum Gasteiger partial charge on any atom is -0.497 e. The number of benzene rings is 2. The lowest BCUT2D eigenvalue weighted by Crippen LogP contribution is -2.14. The number of hydrogen-bond acceptors (Lipinski definition) is 5. The average Bonchev–Trinajstić information content (AvgIpc) is 3.32. The van der Waals surface area contributed by atoms with Gasteiger partial charge in [0.15, 0.2) is 11.0 Å². The van der Waals surface area contributed by atoms with E-state index in [1.165, 1.54) is 29.3 Å². The van der Waals surface area contributed by atoms with Crippen molar-refractivity contribution in [3.8, 4) is 17.1 Å². The molecule has 144 valence electrons. The third-order valence-electron chi connectivity index (χ3n) is 4.90. The number of rotatable bonds is 6. The van der Waals surface area contributed by atoms with Gasteiger partial charge in [-0.3, -0.25) is 4.79 Å². The second-order valence-corrected chi connectivity index (χ2v) is 7.71. The van der Waals surface area contributed by atoms with E-state index in [1.807, 2.05) is 41.9 Å². The first-order valence-corrected chi connectivity index (χ1v) is 10.2. The number of methoxy groups -OCH3 is 1. The molecule has 0 spiro atoms. The molecule has 1 aromatic heterocycles. The first kappa shape index (κ1) is 18.6. The number of amides is 1. The third kappa shape index (κ3) is 3.89. The van der Waals surface area contributed by atoms with Crippen LogP contribution >= 0.6 is 11.8 Å². The number of carbonyl (C=O) groups is 1. The molecule has 0 aliphatic heterocycles. The Morgan fingerprint density at radius 3 is 2.71 bits per heavy atom. The highest BCUT2D eigenvalue weighted by Crippen LogP contribution is 2.26. The largest absolute Gasteiger partial charge is 0.497 e. The molecule has 0 bridgehead atoms. The van der Waals surface area contributed by atoms with Crippen LogP contribution in [0.4, 0.5) is 5.69 Å². The fourth-order valence-corrected chi connectivity index (χ4v) is 4.12. The van der Waals surface area contributed by atoms with Crippen LogP contribution in [0.2, 0.25) is 0 Å². The molecule has 1 heterocycles. The van der Waals surface area contributed by atoms with Crippen LogP contribution in [-0.2, 0) is 24.7 Å². The molecule has 28 heavy (non-hydrogen) atoms. The summed E-state index contributed by atoms with van der Waals surface area (Å²) in [5.74, 6) is 1.79. The Morgan fingerprint density at radius 1 is 1.14 bits per heavy atom. The number of nitrogens with one attached hydrogen (secondary N) is 1. The first-order chi connectivity index (χ1) is 13.6. The lowest BCUT2D eigenvalue weighted by Gasteiger charge is -2.08. The van der Waals surface area contributed by atoms with Gasteiger partial charge in [0.2, 0.25) is 5.91 Å². The smallest absolute Gasteiger partial charge is 0.234 e. The maximum atomic E-state index is 12.3. The normalized spacial score (nSPS) is 12.6. The summed E-state index contributed by atoms with van der Waals surface area (Å²) in [5.41, 5.74) is 4.56. The molecule has 1 amide bonds. The molecule has 0 radical (unpaired) electrons. The van der Waals surface area contributed by atoms with Gasteiger partial charge in [-0.25, -0.2) is 0 Å². The maximum Gasteiger partial charge on any atom is 0.234 e. The molecule has 1 N–H and O–H groups in total. The lowest BCUT2D eigenvalue weighted by atomic mass is 10.1. The number of fused-ring (bicyclic) bond motifs is 1. The molecular formula is C21H22N4O2S. The van der Waals surface area contributed by atoms with Crippen LogP contribution in [0.25, 0.3) is 11.4 Å². The standard InChI is InChI=1S/C21H22N4O2S/c1-25-20(15-7-10-18(27-2)11-8-15)23-24-21(25)28-13-19(26)22-17-9-6-14-4-3-5-16(14)12-17/h6-12H,3-5,13H2,1-2H3,(H,22,26). The Hall–Kier alpha value is -2.80. The Morgan fingerprint density at radius 2 is 1.93 bits per heavy atom. The van der Waals surface area contributed by atoms with E-state index >= 15 is 0 Å². The van der Waals surface area contributed by atoms with Crippen LogP contribution in [0.1, 0.15) is 17.5 Å². The zero-order valence-electron chi connectivity index (χ0n) is 15.9. The lowest BCUT2D eigenvalue weighted by molar-refractivity contribution is -0.113. The van der Waals surface area contributed by atoms with E-state index in [1.54, 1.807) is 7.11 Å². The van der Waals surface area contributed by atoms with Crippen LogP contribution in [0.3, 0.4) is 0 Å². The van der Waals surface area contributed by atoms with E-state index in [9.17, 15) is 4.79 Å². The second-order valence-electron chi connectivity index (χ2n) is 6.77. The van der Waals surface area contributed by atoms with Crippen molar-refractivity contribution in [2.45, 2.75) is 24.4 Å². The van der Waals surface area contributed by atoms with E-state index in [2.05, 4.69) is 27.6 Å². The van der Waals surface area contributed by atoms with Crippen LogP contribution < -0.4 is 10.1 Å². The van der Waals surface area contributed by atoms with Crippen molar-refractivity contribution in [3.05, 3.63) is 53.6 Å². The molecule has 0 saturated heterocycles. The van der Waals surface area contributed by atoms with Crippen molar-refractivity contribution < 1.29 is 9.53 Å². The summed E-state index contributed by atoms with van der Waals surface area (Å²) < 4.78 is 7.09. The summed E-state index contributed by atoms with van der Waals surface area (Å²) in [5, 5.41) is 12.2. The molecule has 0 saturated carbocycles. The van der Waals surface area contributed by atoms with Crippen molar-refractivity contribution >= 4 is 23.4 Å². The van der Waals surface area contributed by atoms with Gasteiger partial charge < -0.3 is 14.6 Å². The average molecular weight is 395 g/mol. The minimum atomic E-state index is -0.0445. The van der Waals surface area contributed by atoms with E-state index in [-0.39, 0.29) is 11.7 Å². The zero-order chi connectivity index (χ0) is 19.5. The number of nitrogens with zero attached hydrogens (tertiary/aromatic N) is 3. The first-order valence-electron chi connectivity index (χ1n) is 9.22. The van der Waals surface area contributed by atoms with Gasteiger partial charge in [-0.05, 0) is 66.8 Å².